The van der Waals surface area contributed by atoms with Crippen LogP contribution in [0.2, 0.25) is 10.0 Å². The predicted octanol–water partition coefficient (Wildman–Crippen LogP) is 5.86. The Kier molecular flexibility index (Phi) is 5.08. The lowest BCUT2D eigenvalue weighted by Gasteiger charge is -2.19. The van der Waals surface area contributed by atoms with Crippen molar-refractivity contribution in [1.29, 1.82) is 0 Å². The summed E-state index contributed by atoms with van der Waals surface area (Å²) in [5.41, 5.74) is 0.916. The van der Waals surface area contributed by atoms with Gasteiger partial charge in [0, 0.05) is 11.1 Å². The second-order valence-corrected chi connectivity index (χ2v) is 8.16. The number of halogens is 2. The van der Waals surface area contributed by atoms with Crippen molar-refractivity contribution >= 4 is 62.5 Å². The Balaban J connectivity index is 2.03. The van der Waals surface area contributed by atoms with Crippen LogP contribution in [0.5, 0.6) is 0 Å². The van der Waals surface area contributed by atoms with Crippen molar-refractivity contribution in [3.05, 3.63) is 81.8 Å². The molecule has 0 amide bonds. The first-order valence-corrected chi connectivity index (χ1v) is 10.5. The van der Waals surface area contributed by atoms with Gasteiger partial charge in [-0.15, -0.1) is 0 Å². The first kappa shape index (κ1) is 20.5. The van der Waals surface area contributed by atoms with Gasteiger partial charge in [-0.2, -0.15) is 0 Å². The predicted molar refractivity (Wildman–Crippen MR) is 122 cm³/mol. The minimum absolute atomic E-state index is 0.0570. The maximum atomic E-state index is 13.1. The molecule has 0 N–H and O–H groups in total. The fraction of sp³-hybridized carbons (Fsp3) is 0.0800. The standard InChI is InChI=1S/C25H14Cl2O5/c26-18-9-13-5-1-3-7-16(13)20-21-17-8-4-2-6-14(17)10-19(27)23(21)25(30)32-12-15(28)11-31-24(29)22(18)20/h1-10H,11-12H2. The molecule has 0 aromatic heterocycles. The number of fused-ring (bicyclic) bond motifs is 7. The fourth-order valence-corrected chi connectivity index (χ4v) is 4.60. The van der Waals surface area contributed by atoms with E-state index in [0.717, 1.165) is 10.8 Å². The quantitative estimate of drug-likeness (QED) is 0.304. The second-order valence-electron chi connectivity index (χ2n) is 7.35. The molecule has 158 valence electrons. The number of ketones is 1. The van der Waals surface area contributed by atoms with Gasteiger partial charge in [0.15, 0.2) is 13.2 Å². The number of carbonyl (C=O) groups is 3. The number of carbonyl (C=O) groups excluding carboxylic acids is 3. The van der Waals surface area contributed by atoms with Crippen molar-refractivity contribution in [2.45, 2.75) is 0 Å². The van der Waals surface area contributed by atoms with Crippen LogP contribution in [0.4, 0.5) is 0 Å². The van der Waals surface area contributed by atoms with Crippen molar-refractivity contribution in [3.63, 3.8) is 0 Å². The van der Waals surface area contributed by atoms with Crippen molar-refractivity contribution in [2.75, 3.05) is 13.2 Å². The molecule has 0 unspecified atom stereocenters. The molecule has 0 saturated heterocycles. The van der Waals surface area contributed by atoms with Gasteiger partial charge in [0.25, 0.3) is 0 Å². The van der Waals surface area contributed by atoms with Gasteiger partial charge in [-0.1, -0.05) is 71.7 Å². The molecule has 7 heteroatoms. The Bertz CT molecular complexity index is 1350. The van der Waals surface area contributed by atoms with Crippen molar-refractivity contribution in [2.24, 2.45) is 0 Å². The van der Waals surface area contributed by atoms with Crippen LogP contribution >= 0.6 is 23.2 Å². The summed E-state index contributed by atoms with van der Waals surface area (Å²) in [4.78, 5) is 38.4. The van der Waals surface area contributed by atoms with Crippen LogP contribution in [-0.2, 0) is 14.3 Å². The minimum atomic E-state index is -0.770. The average Bonchev–Trinajstić information content (AvgIpc) is 2.80. The number of hydrogen-bond donors (Lipinski definition) is 0. The molecule has 0 fully saturated rings. The largest absolute Gasteiger partial charge is 0.454 e. The van der Waals surface area contributed by atoms with Crippen LogP contribution in [0.15, 0.2) is 60.7 Å². The number of rotatable bonds is 0. The van der Waals surface area contributed by atoms with E-state index in [0.29, 0.717) is 21.9 Å². The molecular formula is C25H14Cl2O5. The summed E-state index contributed by atoms with van der Waals surface area (Å²) >= 11 is 13.1. The molecule has 0 atom stereocenters. The molecule has 0 bridgehead atoms. The van der Waals surface area contributed by atoms with Crippen LogP contribution < -0.4 is 0 Å². The van der Waals surface area contributed by atoms with Gasteiger partial charge in [0.2, 0.25) is 5.78 Å². The van der Waals surface area contributed by atoms with Crippen molar-refractivity contribution in [1.82, 2.24) is 0 Å². The van der Waals surface area contributed by atoms with E-state index < -0.39 is 30.9 Å². The van der Waals surface area contributed by atoms with E-state index in [1.54, 1.807) is 12.1 Å². The molecule has 0 saturated carbocycles. The van der Waals surface area contributed by atoms with Crippen LogP contribution in [-0.4, -0.2) is 30.9 Å². The lowest BCUT2D eigenvalue weighted by atomic mass is 9.87. The van der Waals surface area contributed by atoms with Crippen molar-refractivity contribution < 1.29 is 23.9 Å². The molecule has 32 heavy (non-hydrogen) atoms. The van der Waals surface area contributed by atoms with Gasteiger partial charge in [-0.05, 0) is 33.7 Å². The molecule has 5 nitrogen and oxygen atoms in total. The summed E-state index contributed by atoms with van der Waals surface area (Å²) in [5.74, 6) is -2.10. The highest BCUT2D eigenvalue weighted by Crippen LogP contribution is 2.44. The summed E-state index contributed by atoms with van der Waals surface area (Å²) in [6, 6.07) is 18.0. The topological polar surface area (TPSA) is 69.7 Å². The van der Waals surface area contributed by atoms with E-state index >= 15 is 0 Å². The first-order valence-electron chi connectivity index (χ1n) is 9.74. The maximum Gasteiger partial charge on any atom is 0.340 e. The number of esters is 2. The first-order chi connectivity index (χ1) is 15.5. The summed E-state index contributed by atoms with van der Waals surface area (Å²) in [5, 5.41) is 3.15. The molecule has 5 rings (SSSR count). The van der Waals surface area contributed by atoms with Crippen LogP contribution in [0.1, 0.15) is 20.7 Å². The van der Waals surface area contributed by atoms with Gasteiger partial charge in [-0.25, -0.2) is 9.59 Å². The number of hydrogen-bond acceptors (Lipinski definition) is 5. The highest BCUT2D eigenvalue weighted by Gasteiger charge is 2.30. The number of Topliss-reactive ketones (excluding diaryl/α,β-unsaturated/α-hetero) is 1. The smallest absolute Gasteiger partial charge is 0.340 e. The molecule has 0 spiro atoms. The van der Waals surface area contributed by atoms with Gasteiger partial charge >= 0.3 is 11.9 Å². The van der Waals surface area contributed by atoms with E-state index in [9.17, 15) is 14.4 Å². The Morgan fingerprint density at radius 2 is 1.00 bits per heavy atom. The zero-order chi connectivity index (χ0) is 22.4. The molecule has 0 radical (unpaired) electrons. The fourth-order valence-electron chi connectivity index (χ4n) is 4.02. The Labute approximate surface area is 192 Å². The van der Waals surface area contributed by atoms with E-state index in [1.807, 2.05) is 48.5 Å². The van der Waals surface area contributed by atoms with Gasteiger partial charge in [0.05, 0.1) is 21.2 Å². The summed E-state index contributed by atoms with van der Waals surface area (Å²) in [6.45, 7) is -1.08. The lowest BCUT2D eigenvalue weighted by Crippen LogP contribution is -2.20. The van der Waals surface area contributed by atoms with E-state index in [4.69, 9.17) is 32.7 Å². The lowest BCUT2D eigenvalue weighted by molar-refractivity contribution is -0.125. The second kappa shape index (κ2) is 7.93. The zero-order valence-electron chi connectivity index (χ0n) is 16.5. The maximum absolute atomic E-state index is 13.1. The summed E-state index contributed by atoms with van der Waals surface area (Å²) in [7, 11) is 0. The molecule has 1 aliphatic heterocycles. The highest BCUT2D eigenvalue weighted by molar-refractivity contribution is 6.38. The van der Waals surface area contributed by atoms with E-state index in [2.05, 4.69) is 0 Å². The highest BCUT2D eigenvalue weighted by atomic mass is 35.5. The molecule has 4 aromatic carbocycles. The number of benzene rings is 4. The Morgan fingerprint density at radius 3 is 1.44 bits per heavy atom. The Hall–Kier alpha value is -3.41. The van der Waals surface area contributed by atoms with Crippen LogP contribution in [0, 0.1) is 0 Å². The van der Waals surface area contributed by atoms with Crippen LogP contribution in [0.25, 0.3) is 32.7 Å². The average molecular weight is 465 g/mol. The normalized spacial score (nSPS) is 14.4. The number of ether oxygens (including phenoxy) is 2. The molecule has 0 aliphatic carbocycles. The van der Waals surface area contributed by atoms with Gasteiger partial charge in [-0.3, -0.25) is 4.79 Å². The minimum Gasteiger partial charge on any atom is -0.454 e. The summed E-state index contributed by atoms with van der Waals surface area (Å²) in [6.07, 6.45) is 0. The van der Waals surface area contributed by atoms with E-state index in [-0.39, 0.29) is 21.2 Å². The molecule has 1 heterocycles. The monoisotopic (exact) mass is 464 g/mol. The third-order valence-corrected chi connectivity index (χ3v) is 5.99. The third kappa shape index (κ3) is 3.30. The SMILES string of the molecule is O=C1COC(=O)c2c(Cl)cc3ccccc3c2-c2c(c(Cl)cc3ccccc23)C(=O)OC1. The molecule has 4 aromatic rings. The van der Waals surface area contributed by atoms with Crippen LogP contribution in [0.3, 0.4) is 0 Å². The molecular weight excluding hydrogens is 451 g/mol. The van der Waals surface area contributed by atoms with Gasteiger partial charge < -0.3 is 9.47 Å². The Morgan fingerprint density at radius 1 is 0.594 bits per heavy atom. The third-order valence-electron chi connectivity index (χ3n) is 5.39. The number of cyclic esters (lactones) is 2. The zero-order valence-corrected chi connectivity index (χ0v) is 18.0. The van der Waals surface area contributed by atoms with Gasteiger partial charge in [0.1, 0.15) is 0 Å². The summed E-state index contributed by atoms with van der Waals surface area (Å²) < 4.78 is 10.5. The van der Waals surface area contributed by atoms with Crippen molar-refractivity contribution in [3.8, 4) is 11.1 Å². The van der Waals surface area contributed by atoms with E-state index in [1.165, 1.54) is 0 Å². The molecule has 1 aliphatic rings.